The van der Waals surface area contributed by atoms with E-state index in [-0.39, 0.29) is 5.56 Å². The molecule has 0 radical (unpaired) electrons. The van der Waals surface area contributed by atoms with Crippen LogP contribution in [0.25, 0.3) is 0 Å². The molecule has 1 atom stereocenters. The number of benzene rings is 1. The van der Waals surface area contributed by atoms with Gasteiger partial charge in [0.2, 0.25) is 0 Å². The van der Waals surface area contributed by atoms with Crippen LogP contribution in [0, 0.1) is 3.57 Å². The average molecular weight is 428 g/mol. The van der Waals surface area contributed by atoms with Crippen molar-refractivity contribution in [2.45, 2.75) is 12.2 Å². The largest absolute Gasteiger partial charge is 0.416 e. The van der Waals surface area contributed by atoms with Gasteiger partial charge in [0.15, 0.2) is 0 Å². The average Bonchev–Trinajstić information content (AvgIpc) is 2.43. The Balaban J connectivity index is 2.60. The molecule has 1 heterocycles. The third-order valence-corrected chi connectivity index (χ3v) is 4.12. The van der Waals surface area contributed by atoms with Crippen LogP contribution >= 0.6 is 34.2 Å². The summed E-state index contributed by atoms with van der Waals surface area (Å²) in [5.41, 5.74) is 2.14. The Bertz CT molecular complexity index is 649. The molecule has 21 heavy (non-hydrogen) atoms. The second-order valence-corrected chi connectivity index (χ2v) is 5.82. The van der Waals surface area contributed by atoms with Crippen molar-refractivity contribution in [2.75, 3.05) is 0 Å². The first-order valence-electron chi connectivity index (χ1n) is 5.76. The standard InChI is InChI=1S/C13H10ClF3IN3/c14-7-1-2-11(18)8(5-7)12(21-19)9-6-20-4-3-10(9)13(15,16)17/h1-6,12,21H,19H2. The van der Waals surface area contributed by atoms with Crippen molar-refractivity contribution in [3.05, 3.63) is 61.9 Å². The number of nitrogens with zero attached hydrogens (tertiary/aromatic N) is 1. The summed E-state index contributed by atoms with van der Waals surface area (Å²) < 4.78 is 40.1. The van der Waals surface area contributed by atoms with Gasteiger partial charge in [-0.15, -0.1) is 0 Å². The molecule has 1 unspecified atom stereocenters. The molecule has 0 amide bonds. The van der Waals surface area contributed by atoms with Gasteiger partial charge in [0, 0.05) is 26.5 Å². The van der Waals surface area contributed by atoms with Gasteiger partial charge >= 0.3 is 6.18 Å². The van der Waals surface area contributed by atoms with Crippen LogP contribution in [-0.2, 0) is 6.18 Å². The van der Waals surface area contributed by atoms with Crippen molar-refractivity contribution in [1.29, 1.82) is 0 Å². The van der Waals surface area contributed by atoms with Crippen molar-refractivity contribution >= 4 is 34.2 Å². The molecular weight excluding hydrogens is 418 g/mol. The summed E-state index contributed by atoms with van der Waals surface area (Å²) in [5, 5.41) is 0.420. The third-order valence-electron chi connectivity index (χ3n) is 2.90. The van der Waals surface area contributed by atoms with E-state index in [0.29, 0.717) is 10.6 Å². The van der Waals surface area contributed by atoms with Crippen molar-refractivity contribution in [1.82, 2.24) is 10.4 Å². The third kappa shape index (κ3) is 3.65. The van der Waals surface area contributed by atoms with E-state index < -0.39 is 17.8 Å². The van der Waals surface area contributed by atoms with Gasteiger partial charge < -0.3 is 0 Å². The van der Waals surface area contributed by atoms with Gasteiger partial charge in [-0.05, 0) is 52.4 Å². The Hall–Kier alpha value is -0.900. The van der Waals surface area contributed by atoms with Gasteiger partial charge in [0.1, 0.15) is 0 Å². The maximum Gasteiger partial charge on any atom is 0.416 e. The van der Waals surface area contributed by atoms with E-state index in [9.17, 15) is 13.2 Å². The fraction of sp³-hybridized carbons (Fsp3) is 0.154. The molecule has 0 saturated heterocycles. The smallest absolute Gasteiger partial charge is 0.271 e. The van der Waals surface area contributed by atoms with Crippen LogP contribution in [0.2, 0.25) is 5.02 Å². The molecule has 1 aromatic heterocycles. The lowest BCUT2D eigenvalue weighted by molar-refractivity contribution is -0.138. The highest BCUT2D eigenvalue weighted by molar-refractivity contribution is 14.1. The fourth-order valence-corrected chi connectivity index (χ4v) is 2.81. The van der Waals surface area contributed by atoms with Crippen LogP contribution in [0.15, 0.2) is 36.7 Å². The minimum absolute atomic E-state index is 0.0484. The highest BCUT2D eigenvalue weighted by Gasteiger charge is 2.35. The zero-order chi connectivity index (χ0) is 15.6. The molecule has 2 rings (SSSR count). The van der Waals surface area contributed by atoms with E-state index in [2.05, 4.69) is 10.4 Å². The molecular formula is C13H10ClF3IN3. The molecule has 0 fully saturated rings. The van der Waals surface area contributed by atoms with Gasteiger partial charge in [-0.2, -0.15) is 13.2 Å². The Kier molecular flexibility index (Phi) is 5.07. The molecule has 1 aromatic carbocycles. The SMILES string of the molecule is NNC(c1cc(Cl)ccc1I)c1cnccc1C(F)(F)F. The normalized spacial score (nSPS) is 13.2. The number of hydrogen-bond acceptors (Lipinski definition) is 3. The number of nitrogens with two attached hydrogens (primary N) is 1. The van der Waals surface area contributed by atoms with Gasteiger partial charge in [-0.25, -0.2) is 5.43 Å². The van der Waals surface area contributed by atoms with Crippen molar-refractivity contribution in [2.24, 2.45) is 5.84 Å². The van der Waals surface area contributed by atoms with Crippen LogP contribution in [0.1, 0.15) is 22.7 Å². The van der Waals surface area contributed by atoms with Crippen LogP contribution in [-0.4, -0.2) is 4.98 Å². The van der Waals surface area contributed by atoms with E-state index in [4.69, 9.17) is 17.4 Å². The quantitative estimate of drug-likeness (QED) is 0.444. The molecule has 8 heteroatoms. The lowest BCUT2D eigenvalue weighted by atomic mass is 9.96. The number of pyridine rings is 1. The molecule has 0 spiro atoms. The molecule has 3 N–H and O–H groups in total. The first-order chi connectivity index (χ1) is 9.84. The van der Waals surface area contributed by atoms with Gasteiger partial charge in [0.25, 0.3) is 0 Å². The second-order valence-electron chi connectivity index (χ2n) is 4.23. The van der Waals surface area contributed by atoms with Crippen LogP contribution in [0.5, 0.6) is 0 Å². The van der Waals surface area contributed by atoms with E-state index in [1.54, 1.807) is 18.2 Å². The lowest BCUT2D eigenvalue weighted by Gasteiger charge is -2.22. The maximum atomic E-state index is 13.1. The predicted molar refractivity (Wildman–Crippen MR) is 82.6 cm³/mol. The van der Waals surface area contributed by atoms with E-state index in [1.165, 1.54) is 0 Å². The molecule has 0 bridgehead atoms. The Morgan fingerprint density at radius 2 is 1.95 bits per heavy atom. The highest BCUT2D eigenvalue weighted by Crippen LogP contribution is 2.37. The minimum atomic E-state index is -4.49. The molecule has 3 nitrogen and oxygen atoms in total. The van der Waals surface area contributed by atoms with Crippen molar-refractivity contribution in [3.8, 4) is 0 Å². The first kappa shape index (κ1) is 16.5. The minimum Gasteiger partial charge on any atom is -0.271 e. The summed E-state index contributed by atoms with van der Waals surface area (Å²) in [4.78, 5) is 3.77. The number of hydrogen-bond donors (Lipinski definition) is 2. The topological polar surface area (TPSA) is 50.9 Å². The number of alkyl halides is 3. The Morgan fingerprint density at radius 3 is 2.57 bits per heavy atom. The fourth-order valence-electron chi connectivity index (χ4n) is 1.98. The van der Waals surface area contributed by atoms with Crippen molar-refractivity contribution < 1.29 is 13.2 Å². The zero-order valence-electron chi connectivity index (χ0n) is 10.5. The molecule has 2 aromatic rings. The summed E-state index contributed by atoms with van der Waals surface area (Å²) in [6, 6.07) is 5.03. The summed E-state index contributed by atoms with van der Waals surface area (Å²) in [5.74, 6) is 5.48. The van der Waals surface area contributed by atoms with Gasteiger partial charge in [-0.3, -0.25) is 10.8 Å². The van der Waals surface area contributed by atoms with Crippen LogP contribution in [0.3, 0.4) is 0 Å². The van der Waals surface area contributed by atoms with E-state index in [0.717, 1.165) is 22.0 Å². The van der Waals surface area contributed by atoms with Crippen LogP contribution < -0.4 is 11.3 Å². The molecule has 112 valence electrons. The number of aromatic nitrogens is 1. The van der Waals surface area contributed by atoms with E-state index in [1.807, 2.05) is 22.6 Å². The number of halogens is 5. The number of hydrazine groups is 1. The van der Waals surface area contributed by atoms with Gasteiger partial charge in [-0.1, -0.05) is 11.6 Å². The number of nitrogens with one attached hydrogen (secondary N) is 1. The van der Waals surface area contributed by atoms with Crippen molar-refractivity contribution in [3.63, 3.8) is 0 Å². The lowest BCUT2D eigenvalue weighted by Crippen LogP contribution is -2.31. The predicted octanol–water partition coefficient (Wildman–Crippen LogP) is 3.91. The van der Waals surface area contributed by atoms with Crippen LogP contribution in [0.4, 0.5) is 13.2 Å². The molecule has 0 aliphatic rings. The summed E-state index contributed by atoms with van der Waals surface area (Å²) in [6.45, 7) is 0. The monoisotopic (exact) mass is 427 g/mol. The highest BCUT2D eigenvalue weighted by atomic mass is 127. The second kappa shape index (κ2) is 6.47. The summed E-state index contributed by atoms with van der Waals surface area (Å²) in [7, 11) is 0. The summed E-state index contributed by atoms with van der Waals surface area (Å²) in [6.07, 6.45) is -2.23. The molecule has 0 aliphatic carbocycles. The molecule has 0 saturated carbocycles. The maximum absolute atomic E-state index is 13.1. The van der Waals surface area contributed by atoms with Gasteiger partial charge in [0.05, 0.1) is 11.6 Å². The Morgan fingerprint density at radius 1 is 1.24 bits per heavy atom. The van der Waals surface area contributed by atoms with E-state index >= 15 is 0 Å². The molecule has 0 aliphatic heterocycles. The first-order valence-corrected chi connectivity index (χ1v) is 7.22. The zero-order valence-corrected chi connectivity index (χ0v) is 13.4. The number of rotatable bonds is 3. The Labute approximate surface area is 137 Å². The summed E-state index contributed by atoms with van der Waals surface area (Å²) >= 11 is 7.94.